The predicted octanol–water partition coefficient (Wildman–Crippen LogP) is 1.89. The van der Waals surface area contributed by atoms with Gasteiger partial charge in [-0.25, -0.2) is 4.68 Å². The maximum absolute atomic E-state index is 5.75. The van der Waals surface area contributed by atoms with Crippen LogP contribution in [0.1, 0.15) is 19.1 Å². The molecule has 66 valence electrons. The second-order valence-corrected chi connectivity index (χ2v) is 3.24. The van der Waals surface area contributed by atoms with Crippen LogP contribution in [0.25, 0.3) is 0 Å². The smallest absolute Gasteiger partial charge is 0.243 e. The fraction of sp³-hybridized carbons (Fsp3) is 0.667. The molecule has 0 bridgehead atoms. The molecule has 0 saturated carbocycles. The third-order valence-electron chi connectivity index (χ3n) is 1.74. The second-order valence-electron chi connectivity index (χ2n) is 2.56. The van der Waals surface area contributed by atoms with Crippen molar-refractivity contribution >= 4 is 23.2 Å². The van der Waals surface area contributed by atoms with E-state index in [1.165, 1.54) is 4.68 Å². The summed E-state index contributed by atoms with van der Waals surface area (Å²) in [4.78, 5) is 3.76. The van der Waals surface area contributed by atoms with Crippen molar-refractivity contribution in [2.24, 2.45) is 0 Å². The van der Waals surface area contributed by atoms with Gasteiger partial charge in [-0.05, 0) is 36.0 Å². The lowest BCUT2D eigenvalue weighted by Gasteiger charge is -2.08. The standard InChI is InChI=1S/C6H7Cl2N3O/c7-5-9-6(8)11(10-5)4-2-1-3-12-4/h4H,1-3H2/t4-/m1/s1. The molecule has 4 nitrogen and oxygen atoms in total. The zero-order valence-corrected chi connectivity index (χ0v) is 7.72. The van der Waals surface area contributed by atoms with Crippen LogP contribution in [0.15, 0.2) is 0 Å². The molecular weight excluding hydrogens is 201 g/mol. The van der Waals surface area contributed by atoms with Crippen molar-refractivity contribution < 1.29 is 4.74 Å². The van der Waals surface area contributed by atoms with E-state index in [1.54, 1.807) is 0 Å². The Hall–Kier alpha value is -0.320. The van der Waals surface area contributed by atoms with E-state index in [4.69, 9.17) is 27.9 Å². The molecule has 2 rings (SSSR count). The largest absolute Gasteiger partial charge is 0.356 e. The molecular formula is C6H7Cl2N3O. The molecule has 1 aromatic rings. The Morgan fingerprint density at radius 1 is 1.50 bits per heavy atom. The highest BCUT2D eigenvalue weighted by molar-refractivity contribution is 6.31. The summed E-state index contributed by atoms with van der Waals surface area (Å²) >= 11 is 11.3. The number of rotatable bonds is 1. The van der Waals surface area contributed by atoms with Gasteiger partial charge in [0.2, 0.25) is 10.6 Å². The van der Waals surface area contributed by atoms with Crippen molar-refractivity contribution in [1.82, 2.24) is 14.8 Å². The van der Waals surface area contributed by atoms with Crippen molar-refractivity contribution in [2.45, 2.75) is 19.1 Å². The van der Waals surface area contributed by atoms with Gasteiger partial charge < -0.3 is 4.74 Å². The Morgan fingerprint density at radius 3 is 2.83 bits per heavy atom. The molecule has 1 saturated heterocycles. The molecule has 0 N–H and O–H groups in total. The summed E-state index contributed by atoms with van der Waals surface area (Å²) in [5.74, 6) is 0. The predicted molar refractivity (Wildman–Crippen MR) is 44.3 cm³/mol. The van der Waals surface area contributed by atoms with Crippen LogP contribution < -0.4 is 0 Å². The van der Waals surface area contributed by atoms with Gasteiger partial charge in [-0.2, -0.15) is 4.98 Å². The molecule has 0 radical (unpaired) electrons. The number of hydrogen-bond acceptors (Lipinski definition) is 3. The number of halogens is 2. The fourth-order valence-electron chi connectivity index (χ4n) is 1.22. The first kappa shape index (κ1) is 8.29. The van der Waals surface area contributed by atoms with Gasteiger partial charge in [0.15, 0.2) is 6.23 Å². The topological polar surface area (TPSA) is 39.9 Å². The molecule has 0 aliphatic carbocycles. The summed E-state index contributed by atoms with van der Waals surface area (Å²) in [5.41, 5.74) is 0. The average Bonchev–Trinajstić information content (AvgIpc) is 2.58. The summed E-state index contributed by atoms with van der Waals surface area (Å²) in [6, 6.07) is 0. The third kappa shape index (κ3) is 1.42. The van der Waals surface area contributed by atoms with E-state index in [-0.39, 0.29) is 16.8 Å². The van der Waals surface area contributed by atoms with Gasteiger partial charge in [0.1, 0.15) is 0 Å². The van der Waals surface area contributed by atoms with E-state index in [9.17, 15) is 0 Å². The average molecular weight is 208 g/mol. The van der Waals surface area contributed by atoms with E-state index < -0.39 is 0 Å². The van der Waals surface area contributed by atoms with Crippen LogP contribution in [0, 0.1) is 0 Å². The van der Waals surface area contributed by atoms with Crippen LogP contribution >= 0.6 is 23.2 Å². The van der Waals surface area contributed by atoms with Gasteiger partial charge in [0.25, 0.3) is 0 Å². The number of aromatic nitrogens is 3. The maximum atomic E-state index is 5.75. The van der Waals surface area contributed by atoms with Crippen LogP contribution in [-0.4, -0.2) is 21.4 Å². The molecule has 1 aliphatic heterocycles. The van der Waals surface area contributed by atoms with Crippen molar-refractivity contribution in [3.63, 3.8) is 0 Å². The van der Waals surface area contributed by atoms with Crippen LogP contribution in [0.4, 0.5) is 0 Å². The quantitative estimate of drug-likeness (QED) is 0.707. The van der Waals surface area contributed by atoms with Gasteiger partial charge >= 0.3 is 0 Å². The van der Waals surface area contributed by atoms with Crippen LogP contribution in [0.2, 0.25) is 10.6 Å². The van der Waals surface area contributed by atoms with Crippen molar-refractivity contribution in [2.75, 3.05) is 6.61 Å². The van der Waals surface area contributed by atoms with E-state index >= 15 is 0 Å². The Morgan fingerprint density at radius 2 is 2.33 bits per heavy atom. The second kappa shape index (κ2) is 3.20. The normalized spacial score (nSPS) is 23.3. The molecule has 1 atom stereocenters. The zero-order chi connectivity index (χ0) is 8.55. The van der Waals surface area contributed by atoms with Gasteiger partial charge in [0, 0.05) is 6.61 Å². The molecule has 12 heavy (non-hydrogen) atoms. The molecule has 6 heteroatoms. The molecule has 1 fully saturated rings. The zero-order valence-electron chi connectivity index (χ0n) is 6.20. The van der Waals surface area contributed by atoms with E-state index in [0.717, 1.165) is 19.4 Å². The molecule has 0 amide bonds. The number of ether oxygens (including phenoxy) is 1. The highest BCUT2D eigenvalue weighted by Crippen LogP contribution is 2.25. The SMILES string of the molecule is Clc1nc(Cl)n([C@H]2CCCO2)n1. The van der Waals surface area contributed by atoms with E-state index in [2.05, 4.69) is 10.1 Å². The van der Waals surface area contributed by atoms with Crippen LogP contribution in [-0.2, 0) is 4.74 Å². The van der Waals surface area contributed by atoms with Crippen molar-refractivity contribution in [3.05, 3.63) is 10.6 Å². The lowest BCUT2D eigenvalue weighted by molar-refractivity contribution is 0.0467. The Balaban J connectivity index is 2.25. The van der Waals surface area contributed by atoms with E-state index in [0.29, 0.717) is 0 Å². The maximum Gasteiger partial charge on any atom is 0.243 e. The van der Waals surface area contributed by atoms with Gasteiger partial charge in [-0.1, -0.05) is 0 Å². The molecule has 0 aromatic carbocycles. The van der Waals surface area contributed by atoms with E-state index in [1.807, 2.05) is 0 Å². The first-order valence-electron chi connectivity index (χ1n) is 3.66. The van der Waals surface area contributed by atoms with Gasteiger partial charge in [-0.15, -0.1) is 5.10 Å². The lowest BCUT2D eigenvalue weighted by Crippen LogP contribution is -2.08. The summed E-state index contributed by atoms with van der Waals surface area (Å²) in [7, 11) is 0. The molecule has 1 aromatic heterocycles. The highest BCUT2D eigenvalue weighted by atomic mass is 35.5. The monoisotopic (exact) mass is 207 g/mol. The summed E-state index contributed by atoms with van der Waals surface area (Å²) in [6.07, 6.45) is 1.86. The Labute approximate surface area is 79.4 Å². The summed E-state index contributed by atoms with van der Waals surface area (Å²) < 4.78 is 6.86. The summed E-state index contributed by atoms with van der Waals surface area (Å²) in [6.45, 7) is 0.748. The molecule has 2 heterocycles. The van der Waals surface area contributed by atoms with Crippen LogP contribution in [0.5, 0.6) is 0 Å². The third-order valence-corrected chi connectivity index (χ3v) is 2.16. The molecule has 0 unspecified atom stereocenters. The van der Waals surface area contributed by atoms with Crippen molar-refractivity contribution in [3.8, 4) is 0 Å². The fourth-order valence-corrected chi connectivity index (χ4v) is 1.65. The number of nitrogens with zero attached hydrogens (tertiary/aromatic N) is 3. The van der Waals surface area contributed by atoms with Crippen LogP contribution in [0.3, 0.4) is 0 Å². The molecule has 1 aliphatic rings. The lowest BCUT2D eigenvalue weighted by atomic mass is 10.3. The number of hydrogen-bond donors (Lipinski definition) is 0. The molecule has 0 spiro atoms. The Bertz CT molecular complexity index is 282. The minimum absolute atomic E-state index is 0.0856. The highest BCUT2D eigenvalue weighted by Gasteiger charge is 2.21. The minimum atomic E-state index is -0.0856. The van der Waals surface area contributed by atoms with Crippen molar-refractivity contribution in [1.29, 1.82) is 0 Å². The van der Waals surface area contributed by atoms with Gasteiger partial charge in [-0.3, -0.25) is 0 Å². The first-order valence-corrected chi connectivity index (χ1v) is 4.42. The minimum Gasteiger partial charge on any atom is -0.356 e. The first-order chi connectivity index (χ1) is 5.77. The van der Waals surface area contributed by atoms with Gasteiger partial charge in [0.05, 0.1) is 0 Å². The Kier molecular flexibility index (Phi) is 2.21. The summed E-state index contributed by atoms with van der Waals surface area (Å²) in [5, 5.41) is 4.35.